The van der Waals surface area contributed by atoms with Crippen LogP contribution in [0.2, 0.25) is 0 Å². The molecule has 0 rings (SSSR count). The first-order valence-corrected chi connectivity index (χ1v) is 7.23. The second-order valence-electron chi connectivity index (χ2n) is 2.91. The van der Waals surface area contributed by atoms with Crippen molar-refractivity contribution in [1.82, 2.24) is 5.32 Å². The molecular weight excluding hydrogens is 230 g/mol. The molecular formula is C14H33NO3. The molecule has 0 aromatic carbocycles. The van der Waals surface area contributed by atoms with Gasteiger partial charge in [-0.15, -0.1) is 0 Å². The second kappa shape index (κ2) is 25.3. The molecule has 0 saturated heterocycles. The van der Waals surface area contributed by atoms with Gasteiger partial charge in [-0.25, -0.2) is 0 Å². The molecule has 0 fully saturated rings. The van der Waals surface area contributed by atoms with E-state index in [1.54, 1.807) is 0 Å². The fourth-order valence-electron chi connectivity index (χ4n) is 0.882. The van der Waals surface area contributed by atoms with Gasteiger partial charge in [-0.05, 0) is 13.3 Å². The van der Waals surface area contributed by atoms with Gasteiger partial charge in [0.05, 0.1) is 19.8 Å². The molecule has 0 aromatic heterocycles. The molecule has 1 amide bonds. The molecule has 0 atom stereocenters. The molecule has 0 spiro atoms. The molecule has 0 aliphatic carbocycles. The first kappa shape index (κ1) is 22.6. The summed E-state index contributed by atoms with van der Waals surface area (Å²) in [6, 6.07) is 0. The largest absolute Gasteiger partial charge is 0.379 e. The topological polar surface area (TPSA) is 47.6 Å². The quantitative estimate of drug-likeness (QED) is 0.651. The summed E-state index contributed by atoms with van der Waals surface area (Å²) in [6.07, 6.45) is 1.41. The maximum absolute atomic E-state index is 11.1. The average molecular weight is 263 g/mol. The van der Waals surface area contributed by atoms with Crippen LogP contribution in [-0.4, -0.2) is 38.9 Å². The number of carbonyl (C=O) groups is 1. The summed E-state index contributed by atoms with van der Waals surface area (Å²) in [5.41, 5.74) is 0. The smallest absolute Gasteiger partial charge is 0.222 e. The Kier molecular flexibility index (Phi) is 31.7. The molecule has 18 heavy (non-hydrogen) atoms. The number of rotatable bonds is 9. The SMILES string of the molecule is CC.CC.CCCNC(=O)CCOCCOCC. The van der Waals surface area contributed by atoms with Crippen molar-refractivity contribution in [1.29, 1.82) is 0 Å². The Morgan fingerprint density at radius 1 is 0.944 bits per heavy atom. The third-order valence-corrected chi connectivity index (χ3v) is 1.62. The number of carbonyl (C=O) groups excluding carboxylic acids is 1. The lowest BCUT2D eigenvalue weighted by Gasteiger charge is -2.05. The van der Waals surface area contributed by atoms with Gasteiger partial charge in [-0.2, -0.15) is 0 Å². The van der Waals surface area contributed by atoms with E-state index in [0.29, 0.717) is 32.8 Å². The zero-order chi connectivity index (χ0) is 14.6. The van der Waals surface area contributed by atoms with Crippen LogP contribution >= 0.6 is 0 Å². The standard InChI is InChI=1S/C10H21NO3.2C2H6/c1-3-6-11-10(12)5-7-14-9-8-13-4-2;2*1-2/h3-9H2,1-2H3,(H,11,12);2*1-2H3. The monoisotopic (exact) mass is 263 g/mol. The van der Waals surface area contributed by atoms with E-state index in [4.69, 9.17) is 9.47 Å². The van der Waals surface area contributed by atoms with E-state index in [1.807, 2.05) is 41.5 Å². The number of hydrogen-bond acceptors (Lipinski definition) is 3. The van der Waals surface area contributed by atoms with E-state index in [1.165, 1.54) is 0 Å². The van der Waals surface area contributed by atoms with Gasteiger partial charge in [0, 0.05) is 19.6 Å². The predicted molar refractivity (Wildman–Crippen MR) is 77.9 cm³/mol. The summed E-state index contributed by atoms with van der Waals surface area (Å²) in [7, 11) is 0. The molecule has 1 N–H and O–H groups in total. The average Bonchev–Trinajstić information content (AvgIpc) is 2.45. The first-order chi connectivity index (χ1) is 8.81. The van der Waals surface area contributed by atoms with Gasteiger partial charge >= 0.3 is 0 Å². The van der Waals surface area contributed by atoms with Crippen LogP contribution in [0.5, 0.6) is 0 Å². The second-order valence-corrected chi connectivity index (χ2v) is 2.91. The van der Waals surface area contributed by atoms with Crippen molar-refractivity contribution >= 4 is 5.91 Å². The zero-order valence-electron chi connectivity index (χ0n) is 13.2. The van der Waals surface area contributed by atoms with E-state index in [2.05, 4.69) is 5.32 Å². The maximum atomic E-state index is 11.1. The fraction of sp³-hybridized carbons (Fsp3) is 0.929. The van der Waals surface area contributed by atoms with Gasteiger partial charge in [-0.1, -0.05) is 34.6 Å². The molecule has 112 valence electrons. The van der Waals surface area contributed by atoms with Crippen molar-refractivity contribution in [3.8, 4) is 0 Å². The van der Waals surface area contributed by atoms with Crippen LogP contribution in [0.3, 0.4) is 0 Å². The van der Waals surface area contributed by atoms with E-state index >= 15 is 0 Å². The predicted octanol–water partition coefficient (Wildman–Crippen LogP) is 3.01. The highest BCUT2D eigenvalue weighted by atomic mass is 16.5. The Labute approximate surface area is 113 Å². The molecule has 0 heterocycles. The minimum atomic E-state index is 0.0586. The number of ether oxygens (including phenoxy) is 2. The van der Waals surface area contributed by atoms with Gasteiger partial charge in [0.1, 0.15) is 0 Å². The van der Waals surface area contributed by atoms with Crippen LogP contribution in [0.1, 0.15) is 54.4 Å². The normalized spacial score (nSPS) is 8.56. The highest BCUT2D eigenvalue weighted by Gasteiger charge is 1.98. The molecule has 4 nitrogen and oxygen atoms in total. The number of nitrogens with one attached hydrogen (secondary N) is 1. The lowest BCUT2D eigenvalue weighted by molar-refractivity contribution is -0.122. The van der Waals surface area contributed by atoms with Crippen molar-refractivity contribution in [2.45, 2.75) is 54.4 Å². The van der Waals surface area contributed by atoms with E-state index in [0.717, 1.165) is 13.0 Å². The van der Waals surface area contributed by atoms with Crippen molar-refractivity contribution in [3.05, 3.63) is 0 Å². The van der Waals surface area contributed by atoms with Crippen molar-refractivity contribution in [2.24, 2.45) is 0 Å². The van der Waals surface area contributed by atoms with Gasteiger partial charge in [-0.3, -0.25) is 4.79 Å². The Morgan fingerprint density at radius 3 is 2.00 bits per heavy atom. The molecule has 0 unspecified atom stereocenters. The van der Waals surface area contributed by atoms with Gasteiger partial charge in [0.2, 0.25) is 5.91 Å². The van der Waals surface area contributed by atoms with Gasteiger partial charge in [0.25, 0.3) is 0 Å². The molecule has 0 aromatic rings. The minimum absolute atomic E-state index is 0.0586. The number of amides is 1. The van der Waals surface area contributed by atoms with Crippen LogP contribution < -0.4 is 5.32 Å². The molecule has 0 aliphatic heterocycles. The van der Waals surface area contributed by atoms with E-state index in [9.17, 15) is 4.79 Å². The van der Waals surface area contributed by atoms with Crippen LogP contribution in [0, 0.1) is 0 Å². The third kappa shape index (κ3) is 24.6. The molecule has 4 heteroatoms. The summed E-state index contributed by atoms with van der Waals surface area (Å²) in [5.74, 6) is 0.0586. The summed E-state index contributed by atoms with van der Waals surface area (Å²) < 4.78 is 10.3. The van der Waals surface area contributed by atoms with Crippen LogP contribution in [-0.2, 0) is 14.3 Å². The summed E-state index contributed by atoms with van der Waals surface area (Å²) in [6.45, 7) is 15.1. The van der Waals surface area contributed by atoms with Crippen LogP contribution in [0.4, 0.5) is 0 Å². The van der Waals surface area contributed by atoms with Crippen LogP contribution in [0.15, 0.2) is 0 Å². The Balaban J connectivity index is -0.000000506. The van der Waals surface area contributed by atoms with E-state index < -0.39 is 0 Å². The third-order valence-electron chi connectivity index (χ3n) is 1.62. The summed E-state index contributed by atoms with van der Waals surface area (Å²) in [5, 5.41) is 2.78. The highest BCUT2D eigenvalue weighted by Crippen LogP contribution is 1.84. The van der Waals surface area contributed by atoms with Crippen LogP contribution in [0.25, 0.3) is 0 Å². The molecule has 0 aliphatic rings. The maximum Gasteiger partial charge on any atom is 0.222 e. The lowest BCUT2D eigenvalue weighted by Crippen LogP contribution is -2.25. The Hall–Kier alpha value is -0.610. The van der Waals surface area contributed by atoms with Gasteiger partial charge < -0.3 is 14.8 Å². The summed E-state index contributed by atoms with van der Waals surface area (Å²) in [4.78, 5) is 11.1. The highest BCUT2D eigenvalue weighted by molar-refractivity contribution is 5.75. The Bertz CT molecular complexity index is 141. The molecule has 0 radical (unpaired) electrons. The molecule has 0 bridgehead atoms. The first-order valence-electron chi connectivity index (χ1n) is 7.23. The van der Waals surface area contributed by atoms with Crippen molar-refractivity contribution in [2.75, 3.05) is 33.0 Å². The number of hydrogen-bond donors (Lipinski definition) is 1. The fourth-order valence-corrected chi connectivity index (χ4v) is 0.882. The lowest BCUT2D eigenvalue weighted by atomic mass is 10.4. The molecule has 0 saturated carbocycles. The summed E-state index contributed by atoms with van der Waals surface area (Å²) >= 11 is 0. The van der Waals surface area contributed by atoms with E-state index in [-0.39, 0.29) is 5.91 Å². The van der Waals surface area contributed by atoms with Crippen molar-refractivity contribution in [3.63, 3.8) is 0 Å². The van der Waals surface area contributed by atoms with Gasteiger partial charge in [0.15, 0.2) is 0 Å². The zero-order valence-corrected chi connectivity index (χ0v) is 13.2. The minimum Gasteiger partial charge on any atom is -0.379 e. The van der Waals surface area contributed by atoms with Crippen molar-refractivity contribution < 1.29 is 14.3 Å². The Morgan fingerprint density at radius 2 is 1.50 bits per heavy atom.